The van der Waals surface area contributed by atoms with E-state index in [9.17, 15) is 0 Å². The van der Waals surface area contributed by atoms with Crippen LogP contribution in [0.1, 0.15) is 22.4 Å². The van der Waals surface area contributed by atoms with Crippen molar-refractivity contribution in [3.8, 4) is 11.4 Å². The summed E-state index contributed by atoms with van der Waals surface area (Å²) in [5, 5.41) is 5.95. The lowest BCUT2D eigenvalue weighted by molar-refractivity contribution is 0.368. The van der Waals surface area contributed by atoms with Crippen LogP contribution in [0.4, 0.5) is 0 Å². The number of pyridine rings is 1. The lowest BCUT2D eigenvalue weighted by Gasteiger charge is -2.02. The van der Waals surface area contributed by atoms with Crippen LogP contribution < -0.4 is 5.73 Å². The van der Waals surface area contributed by atoms with Gasteiger partial charge in [-0.2, -0.15) is 4.98 Å². The van der Waals surface area contributed by atoms with Crippen LogP contribution in [0.15, 0.2) is 40.5 Å². The van der Waals surface area contributed by atoms with Crippen LogP contribution in [0.2, 0.25) is 0 Å². The summed E-state index contributed by atoms with van der Waals surface area (Å²) in [5.41, 5.74) is 7.99. The molecule has 96 valence electrons. The predicted molar refractivity (Wildman–Crippen MR) is 72.6 cm³/mol. The highest BCUT2D eigenvalue weighted by molar-refractivity contribution is 7.10. The summed E-state index contributed by atoms with van der Waals surface area (Å²) in [6.07, 6.45) is 3.46. The zero-order valence-corrected chi connectivity index (χ0v) is 11.1. The first-order chi connectivity index (χ1) is 9.25. The second-order valence-corrected chi connectivity index (χ2v) is 5.12. The van der Waals surface area contributed by atoms with E-state index >= 15 is 0 Å². The minimum atomic E-state index is -0.377. The SMILES string of the molecule is Cc1ccncc1-c1noc(C(N)c2cccs2)n1. The van der Waals surface area contributed by atoms with E-state index in [1.807, 2.05) is 30.5 Å². The van der Waals surface area contributed by atoms with Gasteiger partial charge < -0.3 is 10.3 Å². The molecule has 3 heterocycles. The lowest BCUT2D eigenvalue weighted by atomic mass is 10.1. The molecule has 0 radical (unpaired) electrons. The van der Waals surface area contributed by atoms with Crippen LogP contribution in [0.3, 0.4) is 0 Å². The van der Waals surface area contributed by atoms with Gasteiger partial charge >= 0.3 is 0 Å². The maximum Gasteiger partial charge on any atom is 0.249 e. The molecule has 3 aromatic heterocycles. The fourth-order valence-corrected chi connectivity index (χ4v) is 2.48. The average Bonchev–Trinajstić information content (AvgIpc) is 3.10. The molecule has 6 heteroatoms. The Hall–Kier alpha value is -2.05. The minimum absolute atomic E-state index is 0.377. The van der Waals surface area contributed by atoms with Crippen molar-refractivity contribution < 1.29 is 4.52 Å². The summed E-state index contributed by atoms with van der Waals surface area (Å²) in [6.45, 7) is 1.98. The van der Waals surface area contributed by atoms with Gasteiger partial charge in [0, 0.05) is 22.8 Å². The van der Waals surface area contributed by atoms with Crippen LogP contribution in [0.5, 0.6) is 0 Å². The first-order valence-corrected chi connectivity index (χ1v) is 6.67. The number of rotatable bonds is 3. The van der Waals surface area contributed by atoms with Crippen molar-refractivity contribution in [2.45, 2.75) is 13.0 Å². The lowest BCUT2D eigenvalue weighted by Crippen LogP contribution is -2.10. The number of aromatic nitrogens is 3. The number of nitrogens with zero attached hydrogens (tertiary/aromatic N) is 3. The molecular formula is C13H12N4OS. The van der Waals surface area contributed by atoms with Crippen molar-refractivity contribution >= 4 is 11.3 Å². The standard InChI is InChI=1S/C13H12N4OS/c1-8-4-5-15-7-9(8)12-16-13(18-17-12)11(14)10-3-2-6-19-10/h2-7,11H,14H2,1H3. The van der Waals surface area contributed by atoms with Crippen LogP contribution in [-0.4, -0.2) is 15.1 Å². The molecular weight excluding hydrogens is 260 g/mol. The molecule has 3 rings (SSSR count). The van der Waals surface area contributed by atoms with Gasteiger partial charge in [-0.15, -0.1) is 11.3 Å². The first kappa shape index (κ1) is 12.0. The molecule has 0 saturated heterocycles. The van der Waals surface area contributed by atoms with Gasteiger partial charge in [-0.25, -0.2) is 0 Å². The predicted octanol–water partition coefficient (Wildman–Crippen LogP) is 2.55. The smallest absolute Gasteiger partial charge is 0.249 e. The van der Waals surface area contributed by atoms with Gasteiger partial charge in [-0.1, -0.05) is 11.2 Å². The molecule has 1 unspecified atom stereocenters. The quantitative estimate of drug-likeness (QED) is 0.792. The summed E-state index contributed by atoms with van der Waals surface area (Å²) in [4.78, 5) is 9.43. The van der Waals surface area contributed by atoms with E-state index in [0.717, 1.165) is 16.0 Å². The third-order valence-corrected chi connectivity index (χ3v) is 3.79. The molecule has 0 aliphatic heterocycles. The summed E-state index contributed by atoms with van der Waals surface area (Å²) in [5.74, 6) is 0.938. The van der Waals surface area contributed by atoms with Crippen molar-refractivity contribution in [1.29, 1.82) is 0 Å². The molecule has 0 spiro atoms. The van der Waals surface area contributed by atoms with E-state index in [0.29, 0.717) is 11.7 Å². The largest absolute Gasteiger partial charge is 0.337 e. The Labute approximate surface area is 114 Å². The van der Waals surface area contributed by atoms with Crippen molar-refractivity contribution in [3.05, 3.63) is 52.3 Å². The summed E-state index contributed by atoms with van der Waals surface area (Å²) in [6, 6.07) is 5.43. The highest BCUT2D eigenvalue weighted by Crippen LogP contribution is 2.25. The van der Waals surface area contributed by atoms with Crippen LogP contribution in [-0.2, 0) is 0 Å². The molecule has 0 aliphatic rings. The van der Waals surface area contributed by atoms with E-state index in [-0.39, 0.29) is 6.04 Å². The highest BCUT2D eigenvalue weighted by atomic mass is 32.1. The Morgan fingerprint density at radius 2 is 2.26 bits per heavy atom. The Morgan fingerprint density at radius 3 is 3.00 bits per heavy atom. The van der Waals surface area contributed by atoms with Crippen molar-refractivity contribution in [3.63, 3.8) is 0 Å². The maximum atomic E-state index is 6.09. The van der Waals surface area contributed by atoms with Gasteiger partial charge in [0.2, 0.25) is 11.7 Å². The molecule has 3 aromatic rings. The number of aryl methyl sites for hydroxylation is 1. The molecule has 0 amide bonds. The molecule has 0 bridgehead atoms. The summed E-state index contributed by atoms with van der Waals surface area (Å²) in [7, 11) is 0. The first-order valence-electron chi connectivity index (χ1n) is 5.79. The fourth-order valence-electron chi connectivity index (χ4n) is 1.76. The normalized spacial score (nSPS) is 12.5. The van der Waals surface area contributed by atoms with Crippen LogP contribution in [0, 0.1) is 6.92 Å². The fraction of sp³-hybridized carbons (Fsp3) is 0.154. The zero-order chi connectivity index (χ0) is 13.2. The molecule has 19 heavy (non-hydrogen) atoms. The summed E-state index contributed by atoms with van der Waals surface area (Å²) < 4.78 is 5.25. The molecule has 2 N–H and O–H groups in total. The Bertz CT molecular complexity index is 678. The number of thiophene rings is 1. The van der Waals surface area contributed by atoms with E-state index in [2.05, 4.69) is 15.1 Å². The van der Waals surface area contributed by atoms with Crippen molar-refractivity contribution in [1.82, 2.24) is 15.1 Å². The number of hydrogen-bond acceptors (Lipinski definition) is 6. The molecule has 0 aliphatic carbocycles. The minimum Gasteiger partial charge on any atom is -0.337 e. The summed E-state index contributed by atoms with van der Waals surface area (Å²) >= 11 is 1.57. The number of nitrogens with two attached hydrogens (primary N) is 1. The van der Waals surface area contributed by atoms with Gasteiger partial charge in [-0.05, 0) is 30.0 Å². The van der Waals surface area contributed by atoms with E-state index in [1.165, 1.54) is 0 Å². The second-order valence-electron chi connectivity index (χ2n) is 4.14. The Morgan fingerprint density at radius 1 is 1.37 bits per heavy atom. The maximum absolute atomic E-state index is 6.09. The van der Waals surface area contributed by atoms with Gasteiger partial charge in [0.25, 0.3) is 0 Å². The third kappa shape index (κ3) is 2.27. The highest BCUT2D eigenvalue weighted by Gasteiger charge is 2.18. The Balaban J connectivity index is 1.94. The van der Waals surface area contributed by atoms with E-state index in [1.54, 1.807) is 23.7 Å². The molecule has 1 atom stereocenters. The topological polar surface area (TPSA) is 77.8 Å². The Kier molecular flexibility index (Phi) is 3.10. The van der Waals surface area contributed by atoms with Crippen LogP contribution >= 0.6 is 11.3 Å². The van der Waals surface area contributed by atoms with Crippen LogP contribution in [0.25, 0.3) is 11.4 Å². The average molecular weight is 272 g/mol. The van der Waals surface area contributed by atoms with Crippen molar-refractivity contribution in [2.75, 3.05) is 0 Å². The van der Waals surface area contributed by atoms with Gasteiger partial charge in [0.15, 0.2) is 0 Å². The van der Waals surface area contributed by atoms with E-state index < -0.39 is 0 Å². The molecule has 0 aromatic carbocycles. The van der Waals surface area contributed by atoms with E-state index in [4.69, 9.17) is 10.3 Å². The number of hydrogen-bond donors (Lipinski definition) is 1. The molecule has 0 fully saturated rings. The second kappa shape index (κ2) is 4.91. The molecule has 0 saturated carbocycles. The molecule has 5 nitrogen and oxygen atoms in total. The monoisotopic (exact) mass is 272 g/mol. The zero-order valence-electron chi connectivity index (χ0n) is 10.3. The third-order valence-electron chi connectivity index (χ3n) is 2.84. The van der Waals surface area contributed by atoms with Crippen molar-refractivity contribution in [2.24, 2.45) is 5.73 Å². The van der Waals surface area contributed by atoms with Gasteiger partial charge in [0.05, 0.1) is 0 Å². The van der Waals surface area contributed by atoms with Gasteiger partial charge in [-0.3, -0.25) is 4.98 Å². The van der Waals surface area contributed by atoms with Gasteiger partial charge in [0.1, 0.15) is 6.04 Å².